The van der Waals surface area contributed by atoms with E-state index in [9.17, 15) is 0 Å². The number of anilines is 1. The molecule has 0 saturated heterocycles. The molecule has 0 saturated carbocycles. The van der Waals surface area contributed by atoms with Crippen LogP contribution >= 0.6 is 0 Å². The maximum Gasteiger partial charge on any atom is 0.292 e. The second kappa shape index (κ2) is 2.76. The molecule has 2 aromatic rings. The number of hydrogen-bond donors (Lipinski definition) is 3. The SMILES string of the molecule is NC(N)=Nc1nnc2nnc(N)n2n1. The summed E-state index contributed by atoms with van der Waals surface area (Å²) >= 11 is 0. The van der Waals surface area contributed by atoms with Crippen LogP contribution in [0.2, 0.25) is 0 Å². The average Bonchev–Trinajstić information content (AvgIpc) is 2.47. The number of nitrogen functional groups attached to an aromatic ring is 1. The summed E-state index contributed by atoms with van der Waals surface area (Å²) in [5.41, 5.74) is 15.7. The zero-order valence-corrected chi connectivity index (χ0v) is 6.86. The topological polar surface area (TPSA) is 159 Å². The van der Waals surface area contributed by atoms with Gasteiger partial charge in [0, 0.05) is 0 Å². The first-order chi connectivity index (χ1) is 6.66. The van der Waals surface area contributed by atoms with Crippen molar-refractivity contribution in [2.45, 2.75) is 0 Å². The Bertz CT molecular complexity index is 492. The highest BCUT2D eigenvalue weighted by Gasteiger charge is 2.05. The molecule has 10 nitrogen and oxygen atoms in total. The van der Waals surface area contributed by atoms with Gasteiger partial charge in [0.1, 0.15) is 0 Å². The lowest BCUT2D eigenvalue weighted by Gasteiger charge is -1.93. The average molecular weight is 194 g/mol. The second-order valence-corrected chi connectivity index (χ2v) is 2.31. The van der Waals surface area contributed by atoms with Crippen LogP contribution in [0.1, 0.15) is 0 Å². The van der Waals surface area contributed by atoms with E-state index >= 15 is 0 Å². The van der Waals surface area contributed by atoms with E-state index < -0.39 is 0 Å². The van der Waals surface area contributed by atoms with Crippen molar-refractivity contribution in [2.75, 3.05) is 5.73 Å². The Labute approximate surface area is 76.8 Å². The van der Waals surface area contributed by atoms with Gasteiger partial charge in [0.05, 0.1) is 0 Å². The van der Waals surface area contributed by atoms with Crippen molar-refractivity contribution in [2.24, 2.45) is 16.5 Å². The number of aromatic nitrogens is 6. The second-order valence-electron chi connectivity index (χ2n) is 2.31. The van der Waals surface area contributed by atoms with E-state index in [-0.39, 0.29) is 23.6 Å². The molecular weight excluding hydrogens is 188 g/mol. The molecule has 0 bridgehead atoms. The van der Waals surface area contributed by atoms with Crippen LogP contribution in [0.25, 0.3) is 5.78 Å². The van der Waals surface area contributed by atoms with Crippen molar-refractivity contribution in [3.05, 3.63) is 0 Å². The molecule has 0 radical (unpaired) electrons. The van der Waals surface area contributed by atoms with E-state index in [1.165, 1.54) is 4.52 Å². The van der Waals surface area contributed by atoms with E-state index in [1.807, 2.05) is 0 Å². The van der Waals surface area contributed by atoms with Gasteiger partial charge in [0.2, 0.25) is 5.95 Å². The molecule has 2 heterocycles. The highest BCUT2D eigenvalue weighted by atomic mass is 15.5. The summed E-state index contributed by atoms with van der Waals surface area (Å²) in [7, 11) is 0. The minimum atomic E-state index is -0.169. The number of hydrogen-bond acceptors (Lipinski definition) is 7. The third-order valence-corrected chi connectivity index (χ3v) is 1.30. The highest BCUT2D eigenvalue weighted by Crippen LogP contribution is 2.03. The summed E-state index contributed by atoms with van der Waals surface area (Å²) < 4.78 is 1.18. The summed E-state index contributed by atoms with van der Waals surface area (Å²) in [5.74, 6) is 0.0841. The molecule has 0 aliphatic heterocycles. The van der Waals surface area contributed by atoms with E-state index in [2.05, 4.69) is 30.5 Å². The summed E-state index contributed by atoms with van der Waals surface area (Å²) in [6.07, 6.45) is 0. The number of nitrogens with two attached hydrogens (primary N) is 3. The highest BCUT2D eigenvalue weighted by molar-refractivity contribution is 5.77. The predicted molar refractivity (Wildman–Crippen MR) is 46.3 cm³/mol. The predicted octanol–water partition coefficient (Wildman–Crippen LogP) is -2.60. The molecular formula is C4H6N10. The fourth-order valence-electron chi connectivity index (χ4n) is 0.801. The van der Waals surface area contributed by atoms with Gasteiger partial charge in [-0.25, -0.2) is 0 Å². The molecule has 0 unspecified atom stereocenters. The Hall–Kier alpha value is -2.52. The van der Waals surface area contributed by atoms with Crippen molar-refractivity contribution in [3.8, 4) is 0 Å². The van der Waals surface area contributed by atoms with Gasteiger partial charge in [-0.2, -0.15) is 9.51 Å². The molecule has 0 atom stereocenters. The van der Waals surface area contributed by atoms with Gasteiger partial charge >= 0.3 is 0 Å². The summed E-state index contributed by atoms with van der Waals surface area (Å²) in [6, 6.07) is 0. The van der Waals surface area contributed by atoms with Gasteiger partial charge in [-0.05, 0) is 0 Å². The van der Waals surface area contributed by atoms with Crippen molar-refractivity contribution < 1.29 is 0 Å². The Morgan fingerprint density at radius 1 is 1.14 bits per heavy atom. The molecule has 0 fully saturated rings. The normalized spacial score (nSPS) is 10.3. The lowest BCUT2D eigenvalue weighted by molar-refractivity contribution is 0.832. The zero-order valence-electron chi connectivity index (χ0n) is 6.86. The standard InChI is InChI=1S/C4H6N10/c5-1(6)8-3-10-12-4-11-9-2(7)14(4)13-3/h(H2,7,9)(H4,5,6,8,13). The number of guanidine groups is 1. The molecule has 0 amide bonds. The molecule has 0 aliphatic carbocycles. The largest absolute Gasteiger partial charge is 0.370 e. The van der Waals surface area contributed by atoms with Gasteiger partial charge in [0.25, 0.3) is 11.7 Å². The number of fused-ring (bicyclic) bond motifs is 1. The molecule has 10 heteroatoms. The van der Waals surface area contributed by atoms with Crippen LogP contribution in [0.3, 0.4) is 0 Å². The fraction of sp³-hybridized carbons (Fsp3) is 0. The van der Waals surface area contributed by atoms with Crippen molar-refractivity contribution in [1.29, 1.82) is 0 Å². The lowest BCUT2D eigenvalue weighted by Crippen LogP contribution is -2.22. The molecule has 6 N–H and O–H groups in total. The van der Waals surface area contributed by atoms with Crippen LogP contribution in [-0.2, 0) is 0 Å². The number of nitrogens with zero attached hydrogens (tertiary/aromatic N) is 7. The Kier molecular flexibility index (Phi) is 1.59. The summed E-state index contributed by atoms with van der Waals surface area (Å²) in [6.45, 7) is 0. The van der Waals surface area contributed by atoms with E-state index in [0.717, 1.165) is 0 Å². The van der Waals surface area contributed by atoms with Gasteiger partial charge in [-0.3, -0.25) is 0 Å². The molecule has 0 spiro atoms. The molecule has 2 aromatic heterocycles. The fourth-order valence-corrected chi connectivity index (χ4v) is 0.801. The molecule has 14 heavy (non-hydrogen) atoms. The third kappa shape index (κ3) is 1.24. The van der Waals surface area contributed by atoms with Gasteiger partial charge in [-0.1, -0.05) is 0 Å². The van der Waals surface area contributed by atoms with Crippen LogP contribution in [-0.4, -0.2) is 36.0 Å². The Morgan fingerprint density at radius 3 is 2.57 bits per heavy atom. The summed E-state index contributed by atoms with van der Waals surface area (Å²) in [4.78, 5) is 3.59. The Balaban J connectivity index is 2.60. The van der Waals surface area contributed by atoms with Crippen LogP contribution in [0, 0.1) is 0 Å². The first-order valence-electron chi connectivity index (χ1n) is 3.48. The third-order valence-electron chi connectivity index (χ3n) is 1.30. The van der Waals surface area contributed by atoms with E-state index in [1.54, 1.807) is 0 Å². The maximum absolute atomic E-state index is 5.42. The minimum Gasteiger partial charge on any atom is -0.370 e. The monoisotopic (exact) mass is 194 g/mol. The molecule has 0 aromatic carbocycles. The first-order valence-corrected chi connectivity index (χ1v) is 3.48. The minimum absolute atomic E-state index is 0.0102. The van der Waals surface area contributed by atoms with Crippen LogP contribution < -0.4 is 17.2 Å². The van der Waals surface area contributed by atoms with E-state index in [0.29, 0.717) is 0 Å². The maximum atomic E-state index is 5.42. The lowest BCUT2D eigenvalue weighted by atomic mass is 10.9. The van der Waals surface area contributed by atoms with Crippen molar-refractivity contribution in [3.63, 3.8) is 0 Å². The summed E-state index contributed by atoms with van der Waals surface area (Å²) in [5, 5.41) is 18.1. The van der Waals surface area contributed by atoms with Crippen molar-refractivity contribution in [1.82, 2.24) is 30.0 Å². The van der Waals surface area contributed by atoms with Gasteiger partial charge in [-0.15, -0.1) is 25.5 Å². The smallest absolute Gasteiger partial charge is 0.292 e. The quantitative estimate of drug-likeness (QED) is 0.329. The molecule has 72 valence electrons. The van der Waals surface area contributed by atoms with Gasteiger partial charge in [0.15, 0.2) is 5.96 Å². The zero-order chi connectivity index (χ0) is 10.1. The van der Waals surface area contributed by atoms with Crippen LogP contribution in [0.4, 0.5) is 11.9 Å². The number of rotatable bonds is 1. The van der Waals surface area contributed by atoms with Crippen molar-refractivity contribution >= 4 is 23.6 Å². The van der Waals surface area contributed by atoms with Crippen LogP contribution in [0.15, 0.2) is 4.99 Å². The number of aliphatic imine (C=N–C) groups is 1. The molecule has 0 aliphatic rings. The van der Waals surface area contributed by atoms with Gasteiger partial charge < -0.3 is 17.2 Å². The Morgan fingerprint density at radius 2 is 1.86 bits per heavy atom. The first kappa shape index (κ1) is 8.10. The van der Waals surface area contributed by atoms with Crippen LogP contribution in [0.5, 0.6) is 0 Å². The van der Waals surface area contributed by atoms with E-state index in [4.69, 9.17) is 17.2 Å². The molecule has 2 rings (SSSR count).